The lowest BCUT2D eigenvalue weighted by Crippen LogP contribution is -2.26. The molecule has 15 heavy (non-hydrogen) atoms. The quantitative estimate of drug-likeness (QED) is 0.519. The maximum absolute atomic E-state index is 11.1. The van der Waals surface area contributed by atoms with Crippen LogP contribution in [0.4, 0.5) is 0 Å². The van der Waals surface area contributed by atoms with Crippen molar-refractivity contribution >= 4 is 5.78 Å². The second-order valence-electron chi connectivity index (χ2n) is 4.19. The smallest absolute Gasteiger partial charge is 0.132 e. The third-order valence-electron chi connectivity index (χ3n) is 2.65. The minimum Gasteiger partial charge on any atom is -0.303 e. The summed E-state index contributed by atoms with van der Waals surface area (Å²) in [6.07, 6.45) is 6.18. The summed E-state index contributed by atoms with van der Waals surface area (Å²) in [5.41, 5.74) is 0. The second-order valence-corrected chi connectivity index (χ2v) is 4.19. The standard InChI is InChI=1S/C13H27NO/c1-4-10-14(11-5-2)12-8-7-9-13(15)6-3/h4-12H2,1-3H3. The van der Waals surface area contributed by atoms with E-state index in [0.29, 0.717) is 12.2 Å². The monoisotopic (exact) mass is 213 g/mol. The molecule has 0 atom stereocenters. The van der Waals surface area contributed by atoms with Gasteiger partial charge in [-0.3, -0.25) is 4.79 Å². The molecule has 0 aromatic rings. The van der Waals surface area contributed by atoms with Crippen LogP contribution in [-0.4, -0.2) is 30.3 Å². The van der Waals surface area contributed by atoms with E-state index in [1.54, 1.807) is 0 Å². The molecule has 0 bridgehead atoms. The Kier molecular flexibility index (Phi) is 9.91. The first-order chi connectivity index (χ1) is 7.24. The van der Waals surface area contributed by atoms with E-state index in [1.807, 2.05) is 6.92 Å². The van der Waals surface area contributed by atoms with Gasteiger partial charge in [0, 0.05) is 12.8 Å². The van der Waals surface area contributed by atoms with Crippen molar-refractivity contribution in [3.63, 3.8) is 0 Å². The van der Waals surface area contributed by atoms with E-state index in [-0.39, 0.29) is 0 Å². The molecule has 90 valence electrons. The molecule has 0 spiro atoms. The van der Waals surface area contributed by atoms with E-state index in [9.17, 15) is 4.79 Å². The van der Waals surface area contributed by atoms with E-state index in [0.717, 1.165) is 12.8 Å². The SMILES string of the molecule is CCCN(CCC)CCCCC(=O)CC. The second kappa shape index (κ2) is 10.2. The van der Waals surface area contributed by atoms with Gasteiger partial charge in [-0.2, -0.15) is 0 Å². The van der Waals surface area contributed by atoms with Crippen LogP contribution in [0.3, 0.4) is 0 Å². The molecule has 0 heterocycles. The minimum absolute atomic E-state index is 0.410. The van der Waals surface area contributed by atoms with Crippen LogP contribution in [-0.2, 0) is 4.79 Å². The fourth-order valence-corrected chi connectivity index (χ4v) is 1.80. The largest absolute Gasteiger partial charge is 0.303 e. The van der Waals surface area contributed by atoms with Gasteiger partial charge in [0.1, 0.15) is 5.78 Å². The molecule has 0 unspecified atom stereocenters. The zero-order valence-electron chi connectivity index (χ0n) is 10.7. The summed E-state index contributed by atoms with van der Waals surface area (Å²) in [6.45, 7) is 9.97. The molecule has 0 amide bonds. The fraction of sp³-hybridized carbons (Fsp3) is 0.923. The van der Waals surface area contributed by atoms with Crippen LogP contribution in [0.15, 0.2) is 0 Å². The molecular weight excluding hydrogens is 186 g/mol. The van der Waals surface area contributed by atoms with Gasteiger partial charge in [0.25, 0.3) is 0 Å². The van der Waals surface area contributed by atoms with E-state index in [2.05, 4.69) is 18.7 Å². The number of hydrogen-bond donors (Lipinski definition) is 0. The van der Waals surface area contributed by atoms with Crippen molar-refractivity contribution in [3.8, 4) is 0 Å². The van der Waals surface area contributed by atoms with E-state index in [4.69, 9.17) is 0 Å². The molecule has 2 heteroatoms. The highest BCUT2D eigenvalue weighted by Crippen LogP contribution is 2.02. The summed E-state index contributed by atoms with van der Waals surface area (Å²) >= 11 is 0. The van der Waals surface area contributed by atoms with Crippen LogP contribution in [0.1, 0.15) is 59.3 Å². The number of Topliss-reactive ketones (excluding diaryl/α,β-unsaturated/α-hetero) is 1. The molecule has 0 fully saturated rings. The predicted octanol–water partition coefficient (Wildman–Crippen LogP) is 3.26. The molecule has 2 nitrogen and oxygen atoms in total. The van der Waals surface area contributed by atoms with Crippen LogP contribution in [0, 0.1) is 0 Å². The topological polar surface area (TPSA) is 20.3 Å². The summed E-state index contributed by atoms with van der Waals surface area (Å²) in [5, 5.41) is 0. The van der Waals surface area contributed by atoms with Crippen LogP contribution >= 0.6 is 0 Å². The van der Waals surface area contributed by atoms with Crippen molar-refractivity contribution in [3.05, 3.63) is 0 Å². The van der Waals surface area contributed by atoms with Gasteiger partial charge < -0.3 is 4.90 Å². The summed E-state index contributed by atoms with van der Waals surface area (Å²) < 4.78 is 0. The number of carbonyl (C=O) groups excluding carboxylic acids is 1. The Morgan fingerprint density at radius 3 is 2.00 bits per heavy atom. The Hall–Kier alpha value is -0.370. The Morgan fingerprint density at radius 1 is 0.933 bits per heavy atom. The molecular formula is C13H27NO. The highest BCUT2D eigenvalue weighted by Gasteiger charge is 2.03. The van der Waals surface area contributed by atoms with Crippen LogP contribution < -0.4 is 0 Å². The minimum atomic E-state index is 0.410. The van der Waals surface area contributed by atoms with Crippen LogP contribution in [0.5, 0.6) is 0 Å². The van der Waals surface area contributed by atoms with Gasteiger partial charge in [0.15, 0.2) is 0 Å². The van der Waals surface area contributed by atoms with E-state index in [1.165, 1.54) is 38.9 Å². The average Bonchev–Trinajstić information content (AvgIpc) is 2.24. The highest BCUT2D eigenvalue weighted by atomic mass is 16.1. The Labute approximate surface area is 95.0 Å². The lowest BCUT2D eigenvalue weighted by molar-refractivity contribution is -0.118. The zero-order chi connectivity index (χ0) is 11.5. The molecule has 0 aromatic heterocycles. The van der Waals surface area contributed by atoms with E-state index < -0.39 is 0 Å². The third-order valence-corrected chi connectivity index (χ3v) is 2.65. The first kappa shape index (κ1) is 14.6. The average molecular weight is 213 g/mol. The summed E-state index contributed by atoms with van der Waals surface area (Å²) in [7, 11) is 0. The summed E-state index contributed by atoms with van der Waals surface area (Å²) in [4.78, 5) is 13.6. The maximum Gasteiger partial charge on any atom is 0.132 e. The van der Waals surface area contributed by atoms with Gasteiger partial charge in [-0.15, -0.1) is 0 Å². The first-order valence-corrected chi connectivity index (χ1v) is 6.48. The van der Waals surface area contributed by atoms with E-state index >= 15 is 0 Å². The molecule has 0 aromatic carbocycles. The zero-order valence-corrected chi connectivity index (χ0v) is 10.7. The van der Waals surface area contributed by atoms with Crippen LogP contribution in [0.25, 0.3) is 0 Å². The molecule has 0 aliphatic rings. The summed E-state index contributed by atoms with van der Waals surface area (Å²) in [5.74, 6) is 0.410. The van der Waals surface area contributed by atoms with Crippen molar-refractivity contribution in [1.29, 1.82) is 0 Å². The predicted molar refractivity (Wildman–Crippen MR) is 66.2 cm³/mol. The van der Waals surface area contributed by atoms with Gasteiger partial charge >= 0.3 is 0 Å². The molecule has 0 saturated carbocycles. The maximum atomic E-state index is 11.1. The third kappa shape index (κ3) is 8.61. The molecule has 0 saturated heterocycles. The van der Waals surface area contributed by atoms with Gasteiger partial charge in [-0.05, 0) is 45.3 Å². The molecule has 0 radical (unpaired) electrons. The summed E-state index contributed by atoms with van der Waals surface area (Å²) in [6, 6.07) is 0. The van der Waals surface area contributed by atoms with Crippen LogP contribution in [0.2, 0.25) is 0 Å². The molecule has 0 aliphatic heterocycles. The van der Waals surface area contributed by atoms with Gasteiger partial charge in [0.05, 0.1) is 0 Å². The Balaban J connectivity index is 3.48. The highest BCUT2D eigenvalue weighted by molar-refractivity contribution is 5.77. The fourth-order valence-electron chi connectivity index (χ4n) is 1.80. The molecule has 0 rings (SSSR count). The van der Waals surface area contributed by atoms with Crippen molar-refractivity contribution in [2.45, 2.75) is 59.3 Å². The normalized spacial score (nSPS) is 10.9. The number of unbranched alkanes of at least 4 members (excludes halogenated alkanes) is 1. The Morgan fingerprint density at radius 2 is 1.53 bits per heavy atom. The number of rotatable bonds is 10. The number of ketones is 1. The van der Waals surface area contributed by atoms with Gasteiger partial charge in [-0.25, -0.2) is 0 Å². The lowest BCUT2D eigenvalue weighted by Gasteiger charge is -2.20. The number of carbonyl (C=O) groups is 1. The lowest BCUT2D eigenvalue weighted by atomic mass is 10.1. The van der Waals surface area contributed by atoms with Crippen molar-refractivity contribution in [2.75, 3.05) is 19.6 Å². The molecule has 0 N–H and O–H groups in total. The number of nitrogens with zero attached hydrogens (tertiary/aromatic N) is 1. The van der Waals surface area contributed by atoms with Crippen molar-refractivity contribution in [1.82, 2.24) is 4.90 Å². The molecule has 0 aliphatic carbocycles. The first-order valence-electron chi connectivity index (χ1n) is 6.48. The van der Waals surface area contributed by atoms with Gasteiger partial charge in [0.2, 0.25) is 0 Å². The number of hydrogen-bond acceptors (Lipinski definition) is 2. The van der Waals surface area contributed by atoms with Crippen molar-refractivity contribution in [2.24, 2.45) is 0 Å². The van der Waals surface area contributed by atoms with Crippen molar-refractivity contribution < 1.29 is 4.79 Å². The Bertz CT molecular complexity index is 151. The van der Waals surface area contributed by atoms with Gasteiger partial charge in [-0.1, -0.05) is 20.8 Å².